The van der Waals surface area contributed by atoms with Crippen LogP contribution in [0.5, 0.6) is 0 Å². The van der Waals surface area contributed by atoms with Crippen LogP contribution < -0.4 is 4.90 Å². The third-order valence-corrected chi connectivity index (χ3v) is 11.5. The molecule has 0 saturated heterocycles. The number of hydrogen-bond donors (Lipinski definition) is 0. The van der Waals surface area contributed by atoms with Gasteiger partial charge in [0.15, 0.2) is 0 Å². The van der Waals surface area contributed by atoms with Crippen molar-refractivity contribution in [2.24, 2.45) is 0 Å². The maximum absolute atomic E-state index is 2.45. The van der Waals surface area contributed by atoms with Crippen LogP contribution in [0.2, 0.25) is 0 Å². The molecule has 0 saturated carbocycles. The van der Waals surface area contributed by atoms with Gasteiger partial charge < -0.3 is 9.47 Å². The van der Waals surface area contributed by atoms with Crippen LogP contribution in [0.25, 0.3) is 82.4 Å². The lowest BCUT2D eigenvalue weighted by Crippen LogP contribution is -2.10. The highest BCUT2D eigenvalue weighted by Gasteiger charge is 2.20. The van der Waals surface area contributed by atoms with Crippen molar-refractivity contribution in [3.05, 3.63) is 231 Å². The summed E-state index contributed by atoms with van der Waals surface area (Å²) in [5, 5.41) is 7.53. The molecule has 1 heterocycles. The Labute approximate surface area is 338 Å². The highest BCUT2D eigenvalue weighted by molar-refractivity contribution is 6.25. The number of aromatic nitrogens is 1. The summed E-state index contributed by atoms with van der Waals surface area (Å²) in [4.78, 5) is 2.38. The molecule has 0 N–H and O–H groups in total. The van der Waals surface area contributed by atoms with E-state index in [0.717, 1.165) is 22.7 Å². The van der Waals surface area contributed by atoms with E-state index in [4.69, 9.17) is 0 Å². The van der Waals surface area contributed by atoms with Gasteiger partial charge in [-0.15, -0.1) is 0 Å². The number of rotatable bonds is 7. The van der Waals surface area contributed by atoms with Crippen LogP contribution >= 0.6 is 0 Å². The summed E-state index contributed by atoms with van der Waals surface area (Å²) in [7, 11) is 0. The summed E-state index contributed by atoms with van der Waals surface area (Å²) >= 11 is 0. The van der Waals surface area contributed by atoms with E-state index in [-0.39, 0.29) is 0 Å². The van der Waals surface area contributed by atoms with E-state index in [1.54, 1.807) is 0 Å². The van der Waals surface area contributed by atoms with Gasteiger partial charge in [0, 0.05) is 33.5 Å². The van der Waals surface area contributed by atoms with E-state index < -0.39 is 0 Å². The van der Waals surface area contributed by atoms with E-state index in [2.05, 4.69) is 240 Å². The predicted octanol–water partition coefficient (Wildman–Crippen LogP) is 15.6. The second kappa shape index (κ2) is 14.1. The van der Waals surface area contributed by atoms with Crippen LogP contribution in [0.15, 0.2) is 231 Å². The first kappa shape index (κ1) is 33.6. The van der Waals surface area contributed by atoms with E-state index >= 15 is 0 Å². The van der Waals surface area contributed by atoms with Gasteiger partial charge in [-0.25, -0.2) is 0 Å². The Morgan fingerprint density at radius 3 is 1.66 bits per heavy atom. The number of anilines is 3. The molecule has 0 atom stereocenters. The van der Waals surface area contributed by atoms with E-state index in [1.807, 2.05) is 0 Å². The Bertz CT molecular complexity index is 3260. The minimum absolute atomic E-state index is 1.08. The molecule has 0 spiro atoms. The van der Waals surface area contributed by atoms with Crippen LogP contribution in [0, 0.1) is 0 Å². The zero-order valence-electron chi connectivity index (χ0n) is 31.8. The first-order valence-corrected chi connectivity index (χ1v) is 19.9. The second-order valence-electron chi connectivity index (χ2n) is 14.9. The Kier molecular flexibility index (Phi) is 8.19. The average molecular weight is 739 g/mol. The molecule has 11 rings (SSSR count). The molecule has 1 aromatic heterocycles. The zero-order chi connectivity index (χ0) is 38.4. The summed E-state index contributed by atoms with van der Waals surface area (Å²) in [5.74, 6) is 0. The average Bonchev–Trinajstić information content (AvgIpc) is 3.64. The van der Waals surface area contributed by atoms with Crippen molar-refractivity contribution < 1.29 is 0 Å². The molecule has 11 aromatic rings. The van der Waals surface area contributed by atoms with Crippen LogP contribution in [-0.4, -0.2) is 4.57 Å². The van der Waals surface area contributed by atoms with E-state index in [9.17, 15) is 0 Å². The first-order chi connectivity index (χ1) is 28.8. The molecule has 10 aromatic carbocycles. The number of para-hydroxylation sites is 1. The summed E-state index contributed by atoms with van der Waals surface area (Å²) in [6.07, 6.45) is 0. The molecule has 0 aliphatic carbocycles. The zero-order valence-corrected chi connectivity index (χ0v) is 31.8. The number of hydrogen-bond acceptors (Lipinski definition) is 1. The van der Waals surface area contributed by atoms with Gasteiger partial charge in [-0.1, -0.05) is 176 Å². The molecule has 0 radical (unpaired) electrons. The Hall–Kier alpha value is -7.68. The van der Waals surface area contributed by atoms with Crippen molar-refractivity contribution in [3.8, 4) is 39.1 Å². The Balaban J connectivity index is 1.12. The first-order valence-electron chi connectivity index (χ1n) is 19.9. The molecule has 0 bridgehead atoms. The molecule has 0 fully saturated rings. The highest BCUT2D eigenvalue weighted by Crippen LogP contribution is 2.44. The van der Waals surface area contributed by atoms with Crippen molar-refractivity contribution in [2.45, 2.75) is 0 Å². The van der Waals surface area contributed by atoms with Crippen LogP contribution in [0.3, 0.4) is 0 Å². The van der Waals surface area contributed by atoms with Crippen molar-refractivity contribution in [2.75, 3.05) is 4.90 Å². The van der Waals surface area contributed by atoms with E-state index in [0.29, 0.717) is 0 Å². The largest absolute Gasteiger partial charge is 0.310 e. The third-order valence-electron chi connectivity index (χ3n) is 11.5. The van der Waals surface area contributed by atoms with Crippen LogP contribution in [0.4, 0.5) is 17.1 Å². The normalized spacial score (nSPS) is 11.4. The number of fused-ring (bicyclic) bond motifs is 6. The minimum atomic E-state index is 1.08. The lowest BCUT2D eigenvalue weighted by molar-refractivity contribution is 1.17. The minimum Gasteiger partial charge on any atom is -0.310 e. The lowest BCUT2D eigenvalue weighted by Gasteiger charge is -2.27. The molecule has 2 nitrogen and oxygen atoms in total. The van der Waals surface area contributed by atoms with E-state index in [1.165, 1.54) is 76.7 Å². The van der Waals surface area contributed by atoms with Crippen LogP contribution in [0.1, 0.15) is 0 Å². The molecule has 272 valence electrons. The highest BCUT2D eigenvalue weighted by atomic mass is 15.1. The van der Waals surface area contributed by atoms with Gasteiger partial charge in [0.25, 0.3) is 0 Å². The van der Waals surface area contributed by atoms with Crippen LogP contribution in [-0.2, 0) is 0 Å². The van der Waals surface area contributed by atoms with Gasteiger partial charge in [0.1, 0.15) is 0 Å². The molecule has 2 heteroatoms. The second-order valence-corrected chi connectivity index (χ2v) is 14.9. The fourth-order valence-corrected chi connectivity index (χ4v) is 8.91. The maximum Gasteiger partial charge on any atom is 0.0547 e. The summed E-state index contributed by atoms with van der Waals surface area (Å²) in [5.41, 5.74) is 14.0. The van der Waals surface area contributed by atoms with Crippen molar-refractivity contribution in [1.29, 1.82) is 0 Å². The number of benzene rings is 10. The van der Waals surface area contributed by atoms with Crippen molar-refractivity contribution in [1.82, 2.24) is 4.57 Å². The molecule has 0 aliphatic rings. The third kappa shape index (κ3) is 5.74. The standard InChI is InChI=1S/C56H38N2/c1-3-15-39(16-4-1)41-31-34-45(35-32-41)57(46-23-11-22-44(37-46)40-17-5-2-6-18-40)47-24-14-25-48(38-47)58-53-30-10-9-27-52(53)56-54(58)36-33-43-21-13-29-51(55(43)56)50-28-12-20-42-19-7-8-26-49(42)50/h1-38H. The molecule has 0 aliphatic heterocycles. The summed E-state index contributed by atoms with van der Waals surface area (Å²) < 4.78 is 2.45. The van der Waals surface area contributed by atoms with Gasteiger partial charge in [-0.05, 0) is 110 Å². The Morgan fingerprint density at radius 1 is 0.293 bits per heavy atom. The summed E-state index contributed by atoms with van der Waals surface area (Å²) in [6, 6.07) is 83.6. The summed E-state index contributed by atoms with van der Waals surface area (Å²) in [6.45, 7) is 0. The quantitative estimate of drug-likeness (QED) is 0.158. The predicted molar refractivity (Wildman–Crippen MR) is 247 cm³/mol. The van der Waals surface area contributed by atoms with Gasteiger partial charge >= 0.3 is 0 Å². The molecular weight excluding hydrogens is 701 g/mol. The van der Waals surface area contributed by atoms with Gasteiger partial charge in [0.05, 0.1) is 11.0 Å². The fourth-order valence-electron chi connectivity index (χ4n) is 8.91. The molecule has 58 heavy (non-hydrogen) atoms. The maximum atomic E-state index is 2.45. The monoisotopic (exact) mass is 738 g/mol. The molecule has 0 unspecified atom stereocenters. The fraction of sp³-hybridized carbons (Fsp3) is 0. The van der Waals surface area contributed by atoms with Gasteiger partial charge in [-0.3, -0.25) is 0 Å². The smallest absolute Gasteiger partial charge is 0.0547 e. The van der Waals surface area contributed by atoms with Crippen molar-refractivity contribution >= 4 is 60.4 Å². The SMILES string of the molecule is c1ccc(-c2ccc(N(c3cccc(-c4ccccc4)c3)c3cccc(-n4c5ccccc5c5c6c(-c7cccc8ccccc78)cccc6ccc54)c3)cc2)cc1. The van der Waals surface area contributed by atoms with Crippen molar-refractivity contribution in [3.63, 3.8) is 0 Å². The Morgan fingerprint density at radius 2 is 0.862 bits per heavy atom. The molecule has 0 amide bonds. The number of nitrogens with zero attached hydrogens (tertiary/aromatic N) is 2. The topological polar surface area (TPSA) is 8.17 Å². The van der Waals surface area contributed by atoms with Gasteiger partial charge in [-0.2, -0.15) is 0 Å². The van der Waals surface area contributed by atoms with Gasteiger partial charge in [0.2, 0.25) is 0 Å². The lowest BCUT2D eigenvalue weighted by atomic mass is 9.92. The molecular formula is C56H38N2.